The minimum Gasteiger partial charge on any atom is -0.453 e. The number of epoxide rings is 1. The third-order valence-electron chi connectivity index (χ3n) is 10.2. The molecule has 0 N–H and O–H groups in total. The molecule has 9 atom stereocenters. The fourth-order valence-corrected chi connectivity index (χ4v) is 8.78. The van der Waals surface area contributed by atoms with E-state index in [9.17, 15) is 9.59 Å². The second-order valence-corrected chi connectivity index (χ2v) is 12.7. The average Bonchev–Trinajstić information content (AvgIpc) is 3.07. The van der Waals surface area contributed by atoms with E-state index in [1.807, 2.05) is 20.8 Å². The number of carbonyl (C=O) groups is 2. The third kappa shape index (κ3) is 2.20. The highest BCUT2D eigenvalue weighted by molar-refractivity contribution is 5.91. The lowest BCUT2D eigenvalue weighted by Crippen LogP contribution is -2.66. The number of rotatable bonds is 1. The average molecular weight is 403 g/mol. The number of esters is 1. The predicted molar refractivity (Wildman–Crippen MR) is 110 cm³/mol. The second kappa shape index (κ2) is 5.47. The van der Waals surface area contributed by atoms with E-state index in [4.69, 9.17) is 9.47 Å². The number of ketones is 1. The summed E-state index contributed by atoms with van der Waals surface area (Å²) in [6, 6.07) is 0. The molecule has 1 spiro atoms. The molecule has 0 bridgehead atoms. The van der Waals surface area contributed by atoms with E-state index >= 15 is 0 Å². The molecule has 5 fully saturated rings. The standard InChI is InChI=1S/C25H38O4/c1-14-8-9-16-17(26)18(28-20(27)21(2,3)4)22(5)12-13-25-19(22)24(16,7)15(14)10-11-23(25,6)29-25/h14-16,18-19H,8-13H2,1-7H3/t14-,15?,16+,18+,19+,22+,23+,24-,25-/m0/s1. The summed E-state index contributed by atoms with van der Waals surface area (Å²) in [5.41, 5.74) is -1.20. The molecule has 1 heterocycles. The van der Waals surface area contributed by atoms with E-state index in [0.717, 1.165) is 38.5 Å². The molecule has 4 nitrogen and oxygen atoms in total. The van der Waals surface area contributed by atoms with Crippen molar-refractivity contribution in [1.29, 1.82) is 0 Å². The topological polar surface area (TPSA) is 55.9 Å². The zero-order valence-corrected chi connectivity index (χ0v) is 19.3. The normalized spacial score (nSPS) is 55.6. The first-order chi connectivity index (χ1) is 13.3. The number of carbonyl (C=O) groups excluding carboxylic acids is 2. The van der Waals surface area contributed by atoms with Crippen molar-refractivity contribution in [2.24, 2.45) is 39.9 Å². The smallest absolute Gasteiger partial charge is 0.311 e. The Balaban J connectivity index is 1.65. The Morgan fingerprint density at radius 3 is 2.41 bits per heavy atom. The Morgan fingerprint density at radius 2 is 1.76 bits per heavy atom. The van der Waals surface area contributed by atoms with Crippen molar-refractivity contribution in [3.05, 3.63) is 0 Å². The van der Waals surface area contributed by atoms with Crippen LogP contribution in [0.1, 0.15) is 87.0 Å². The highest BCUT2D eigenvalue weighted by Gasteiger charge is 2.84. The van der Waals surface area contributed by atoms with Crippen LogP contribution in [0.15, 0.2) is 0 Å². The largest absolute Gasteiger partial charge is 0.453 e. The molecule has 4 aliphatic carbocycles. The van der Waals surface area contributed by atoms with Gasteiger partial charge in [0.25, 0.3) is 0 Å². The van der Waals surface area contributed by atoms with Crippen molar-refractivity contribution in [1.82, 2.24) is 0 Å². The van der Waals surface area contributed by atoms with Gasteiger partial charge in [0.15, 0.2) is 11.9 Å². The fourth-order valence-electron chi connectivity index (χ4n) is 8.78. The van der Waals surface area contributed by atoms with Gasteiger partial charge in [-0.1, -0.05) is 20.8 Å². The summed E-state index contributed by atoms with van der Waals surface area (Å²) in [4.78, 5) is 26.8. The first kappa shape index (κ1) is 20.0. The Morgan fingerprint density at radius 1 is 1.07 bits per heavy atom. The van der Waals surface area contributed by atoms with Crippen LogP contribution in [0.4, 0.5) is 0 Å². The second-order valence-electron chi connectivity index (χ2n) is 12.7. The summed E-state index contributed by atoms with van der Waals surface area (Å²) >= 11 is 0. The van der Waals surface area contributed by atoms with E-state index < -0.39 is 11.5 Å². The molecular weight excluding hydrogens is 364 g/mol. The SMILES string of the molecule is C[C@H]1CC[C@@H]2C(=O)[C@@H](OC(=O)C(C)(C)C)[C@@]3(C)CC[C@@]45O[C@]4(C)CCC1[C@]2(C)[C@@H]35. The van der Waals surface area contributed by atoms with Gasteiger partial charge in [-0.25, -0.2) is 0 Å². The lowest BCUT2D eigenvalue weighted by molar-refractivity contribution is -0.205. The van der Waals surface area contributed by atoms with E-state index in [1.165, 1.54) is 0 Å². The van der Waals surface area contributed by atoms with Gasteiger partial charge in [-0.15, -0.1) is 0 Å². The Bertz CT molecular complexity index is 782. The Hall–Kier alpha value is -0.900. The molecule has 0 aromatic rings. The van der Waals surface area contributed by atoms with Gasteiger partial charge in [0.05, 0.1) is 11.0 Å². The van der Waals surface area contributed by atoms with Crippen LogP contribution in [-0.2, 0) is 19.1 Å². The van der Waals surface area contributed by atoms with Gasteiger partial charge in [0, 0.05) is 17.3 Å². The third-order valence-corrected chi connectivity index (χ3v) is 10.2. The van der Waals surface area contributed by atoms with Gasteiger partial charge < -0.3 is 9.47 Å². The molecule has 0 aromatic heterocycles. The summed E-state index contributed by atoms with van der Waals surface area (Å²) in [5, 5.41) is 0. The number of hydrogen-bond acceptors (Lipinski definition) is 4. The number of Topliss-reactive ketones (excluding diaryl/α,β-unsaturated/α-hetero) is 1. The van der Waals surface area contributed by atoms with Crippen LogP contribution in [0.25, 0.3) is 0 Å². The summed E-state index contributed by atoms with van der Waals surface area (Å²) in [6.45, 7) is 14.9. The van der Waals surface area contributed by atoms with Crippen molar-refractivity contribution in [2.75, 3.05) is 0 Å². The van der Waals surface area contributed by atoms with Crippen molar-refractivity contribution in [2.45, 2.75) is 104 Å². The van der Waals surface area contributed by atoms with Crippen molar-refractivity contribution >= 4 is 11.8 Å². The molecule has 4 saturated carbocycles. The highest BCUT2D eigenvalue weighted by atomic mass is 16.6. The van der Waals surface area contributed by atoms with Crippen LogP contribution >= 0.6 is 0 Å². The molecule has 1 aliphatic heterocycles. The molecule has 5 aliphatic rings. The van der Waals surface area contributed by atoms with Gasteiger partial charge in [0.2, 0.25) is 0 Å². The first-order valence-corrected chi connectivity index (χ1v) is 11.8. The van der Waals surface area contributed by atoms with Crippen molar-refractivity contribution < 1.29 is 19.1 Å². The minimum absolute atomic E-state index is 0.0129. The molecule has 0 amide bonds. The summed E-state index contributed by atoms with van der Waals surface area (Å²) in [6.07, 6.45) is 5.55. The van der Waals surface area contributed by atoms with E-state index in [-0.39, 0.29) is 45.6 Å². The zero-order chi connectivity index (χ0) is 21.2. The van der Waals surface area contributed by atoms with Crippen LogP contribution in [0.5, 0.6) is 0 Å². The molecule has 29 heavy (non-hydrogen) atoms. The van der Waals surface area contributed by atoms with Gasteiger partial charge in [-0.05, 0) is 83.5 Å². The lowest BCUT2D eigenvalue weighted by atomic mass is 9.42. The van der Waals surface area contributed by atoms with E-state index in [1.54, 1.807) is 0 Å². The molecule has 1 saturated heterocycles. The van der Waals surface area contributed by atoms with Crippen molar-refractivity contribution in [3.8, 4) is 0 Å². The molecule has 0 radical (unpaired) electrons. The molecular formula is C25H38O4. The van der Waals surface area contributed by atoms with Crippen LogP contribution in [0.3, 0.4) is 0 Å². The Labute approximate surface area is 175 Å². The lowest BCUT2D eigenvalue weighted by Gasteiger charge is -2.62. The van der Waals surface area contributed by atoms with Crippen LogP contribution < -0.4 is 0 Å². The number of hydrogen-bond donors (Lipinski definition) is 0. The first-order valence-electron chi connectivity index (χ1n) is 11.8. The van der Waals surface area contributed by atoms with Crippen LogP contribution in [0.2, 0.25) is 0 Å². The Kier molecular flexibility index (Phi) is 3.78. The molecule has 5 rings (SSSR count). The summed E-state index contributed by atoms with van der Waals surface area (Å²) in [5.74, 6) is 1.40. The van der Waals surface area contributed by atoms with Gasteiger partial charge in [-0.2, -0.15) is 0 Å². The maximum absolute atomic E-state index is 14.0. The predicted octanol–water partition coefficient (Wildman–Crippen LogP) is 4.93. The maximum atomic E-state index is 14.0. The summed E-state index contributed by atoms with van der Waals surface area (Å²) < 4.78 is 12.7. The monoisotopic (exact) mass is 402 g/mol. The van der Waals surface area contributed by atoms with E-state index in [0.29, 0.717) is 11.8 Å². The molecule has 0 aromatic carbocycles. The van der Waals surface area contributed by atoms with Crippen LogP contribution in [0, 0.1) is 39.9 Å². The van der Waals surface area contributed by atoms with Gasteiger partial charge >= 0.3 is 5.97 Å². The fraction of sp³-hybridized carbons (Fsp3) is 0.920. The minimum atomic E-state index is -0.628. The van der Waals surface area contributed by atoms with Gasteiger partial charge in [0.1, 0.15) is 5.60 Å². The zero-order valence-electron chi connectivity index (χ0n) is 19.3. The molecule has 1 unspecified atom stereocenters. The maximum Gasteiger partial charge on any atom is 0.311 e. The van der Waals surface area contributed by atoms with E-state index in [2.05, 4.69) is 27.7 Å². The quantitative estimate of drug-likeness (QED) is 0.461. The van der Waals surface area contributed by atoms with Crippen LogP contribution in [-0.4, -0.2) is 29.1 Å². The highest BCUT2D eigenvalue weighted by Crippen LogP contribution is 2.79. The number of ether oxygens (including phenoxy) is 2. The molecule has 162 valence electrons. The van der Waals surface area contributed by atoms with Gasteiger partial charge in [-0.3, -0.25) is 9.59 Å². The summed E-state index contributed by atoms with van der Waals surface area (Å²) in [7, 11) is 0. The molecule has 4 heteroatoms. The van der Waals surface area contributed by atoms with Crippen molar-refractivity contribution in [3.63, 3.8) is 0 Å².